The number of aromatic nitrogens is 5. The van der Waals surface area contributed by atoms with Crippen molar-refractivity contribution in [3.63, 3.8) is 0 Å². The van der Waals surface area contributed by atoms with E-state index in [-0.39, 0.29) is 34.7 Å². The molecule has 10 atom stereocenters. The average Bonchev–Trinajstić information content (AvgIpc) is 3.65. The van der Waals surface area contributed by atoms with Gasteiger partial charge in [0, 0.05) is 12.5 Å². The van der Waals surface area contributed by atoms with Gasteiger partial charge in [0.2, 0.25) is 0 Å². The molecular formula is C24H32N7O15P2+. The third-order valence-electron chi connectivity index (χ3n) is 7.42. The first-order valence-corrected chi connectivity index (χ1v) is 16.9. The van der Waals surface area contributed by atoms with Crippen LogP contribution in [0.4, 0.5) is 5.82 Å². The Bertz CT molecular complexity index is 1800. The summed E-state index contributed by atoms with van der Waals surface area (Å²) >= 11 is 0. The van der Waals surface area contributed by atoms with Gasteiger partial charge in [-0.25, -0.2) is 24.1 Å². The Labute approximate surface area is 269 Å². The molecule has 0 bridgehead atoms. The van der Waals surface area contributed by atoms with Crippen LogP contribution < -0.4 is 16.0 Å². The number of hydrogen-bond acceptors (Lipinski definition) is 17. The normalized spacial score (nSPS) is 29.9. The molecule has 1 amide bonds. The molecule has 3 aromatic rings. The van der Waals surface area contributed by atoms with Crippen LogP contribution in [-0.2, 0) is 43.2 Å². The van der Waals surface area contributed by atoms with Gasteiger partial charge in [0.15, 0.2) is 36.2 Å². The van der Waals surface area contributed by atoms with Gasteiger partial charge in [-0.15, -0.1) is 0 Å². The second kappa shape index (κ2) is 13.9. The molecule has 2 unspecified atom stereocenters. The second-order valence-corrected chi connectivity index (χ2v) is 13.9. The number of carbonyl (C=O) groups is 2. The van der Waals surface area contributed by atoms with Crippen molar-refractivity contribution < 1.29 is 76.3 Å². The van der Waals surface area contributed by atoms with Gasteiger partial charge in [-0.1, -0.05) is 0 Å². The molecule has 2 aliphatic heterocycles. The summed E-state index contributed by atoms with van der Waals surface area (Å²) < 4.78 is 52.2. The van der Waals surface area contributed by atoms with Crippen LogP contribution >= 0.6 is 15.6 Å². The number of imidazole rings is 1. The number of nitrogens with zero attached hydrogens (tertiary/aromatic N) is 5. The SMILES string of the molecule is CC(=O)Cc1cc[n+]([C@@H]2O[C@@H](COP(=O)(O)OP(=O)(O)OC[C@@H]3O[C@@H](n4cnc5c(N)ncnc54)[C@H](O)[C@H]3O)[C@H](O)[C@H]2O)cc1C(N)=O. The highest BCUT2D eigenvalue weighted by molar-refractivity contribution is 7.61. The lowest BCUT2D eigenvalue weighted by molar-refractivity contribution is -0.765. The number of phosphoric acid groups is 2. The predicted octanol–water partition coefficient (Wildman–Crippen LogP) is -2.88. The van der Waals surface area contributed by atoms with E-state index in [2.05, 4.69) is 19.3 Å². The summed E-state index contributed by atoms with van der Waals surface area (Å²) in [7, 11) is -10.8. The fourth-order valence-corrected chi connectivity index (χ4v) is 7.21. The number of pyridine rings is 1. The molecule has 0 radical (unpaired) electrons. The van der Waals surface area contributed by atoms with Crippen molar-refractivity contribution in [3.8, 4) is 0 Å². The van der Waals surface area contributed by atoms with Gasteiger partial charge in [-0.2, -0.15) is 8.88 Å². The summed E-state index contributed by atoms with van der Waals surface area (Å²) in [6, 6.07) is 1.39. The number of carbonyl (C=O) groups excluding carboxylic acids is 2. The van der Waals surface area contributed by atoms with Crippen molar-refractivity contribution in [1.29, 1.82) is 0 Å². The number of nitrogen functional groups attached to an aromatic ring is 1. The van der Waals surface area contributed by atoms with E-state index in [1.165, 1.54) is 40.8 Å². The zero-order valence-corrected chi connectivity index (χ0v) is 26.6. The van der Waals surface area contributed by atoms with Crippen LogP contribution in [0.3, 0.4) is 0 Å². The average molecular weight is 721 g/mol. The molecule has 0 saturated carbocycles. The van der Waals surface area contributed by atoms with Crippen LogP contribution in [-0.4, -0.2) is 111 Å². The minimum Gasteiger partial charge on any atom is -0.387 e. The highest BCUT2D eigenvalue weighted by Crippen LogP contribution is 2.60. The molecule has 0 aromatic carbocycles. The summed E-state index contributed by atoms with van der Waals surface area (Å²) in [4.78, 5) is 55.5. The number of ketones is 1. The highest BCUT2D eigenvalue weighted by Gasteiger charge is 2.50. The van der Waals surface area contributed by atoms with Gasteiger partial charge in [-0.3, -0.25) is 23.2 Å². The maximum Gasteiger partial charge on any atom is 0.481 e. The maximum absolute atomic E-state index is 12.5. The van der Waals surface area contributed by atoms with Crippen molar-refractivity contribution >= 4 is 44.3 Å². The summed E-state index contributed by atoms with van der Waals surface area (Å²) in [5, 5.41) is 42.0. The van der Waals surface area contributed by atoms with Gasteiger partial charge in [-0.05, 0) is 12.5 Å². The van der Waals surface area contributed by atoms with Gasteiger partial charge in [0.05, 0.1) is 19.5 Å². The molecule has 5 rings (SSSR count). The first kappa shape index (κ1) is 36.0. The van der Waals surface area contributed by atoms with Crippen LogP contribution in [0.15, 0.2) is 31.1 Å². The Morgan fingerprint density at radius 3 is 2.23 bits per heavy atom. The molecule has 2 saturated heterocycles. The van der Waals surface area contributed by atoms with E-state index < -0.39 is 83.8 Å². The van der Waals surface area contributed by atoms with Crippen LogP contribution in [0.1, 0.15) is 35.3 Å². The number of amides is 1. The summed E-state index contributed by atoms with van der Waals surface area (Å²) in [5.41, 5.74) is 11.8. The number of Topliss-reactive ketones (excluding diaryl/α,β-unsaturated/α-hetero) is 1. The van der Waals surface area contributed by atoms with E-state index >= 15 is 0 Å². The molecule has 2 fully saturated rings. The maximum atomic E-state index is 12.5. The monoisotopic (exact) mass is 720 g/mol. The number of phosphoric ester groups is 2. The minimum atomic E-state index is -5.42. The van der Waals surface area contributed by atoms with Crippen molar-refractivity contribution in [1.82, 2.24) is 19.5 Å². The Morgan fingerprint density at radius 2 is 1.60 bits per heavy atom. The molecule has 24 heteroatoms. The topological polar surface area (TPSA) is 335 Å². The predicted molar refractivity (Wildman–Crippen MR) is 154 cm³/mol. The minimum absolute atomic E-state index is 0.0418. The second-order valence-electron chi connectivity index (χ2n) is 10.9. The number of hydrogen-bond donors (Lipinski definition) is 8. The molecule has 262 valence electrons. The zero-order valence-electron chi connectivity index (χ0n) is 24.8. The van der Waals surface area contributed by atoms with Gasteiger partial charge in [0.1, 0.15) is 53.7 Å². The fourth-order valence-electron chi connectivity index (χ4n) is 5.12. The number of aliphatic hydroxyl groups excluding tert-OH is 4. The van der Waals surface area contributed by atoms with Gasteiger partial charge in [0.25, 0.3) is 12.1 Å². The Kier molecular flexibility index (Phi) is 10.4. The van der Waals surface area contributed by atoms with Gasteiger partial charge >= 0.3 is 15.6 Å². The first-order valence-electron chi connectivity index (χ1n) is 13.9. The Morgan fingerprint density at radius 1 is 0.979 bits per heavy atom. The molecule has 0 spiro atoms. The van der Waals surface area contributed by atoms with Crippen molar-refractivity contribution in [2.45, 2.75) is 62.4 Å². The summed E-state index contributed by atoms with van der Waals surface area (Å²) in [6.45, 7) is -0.547. The lowest BCUT2D eigenvalue weighted by Crippen LogP contribution is -2.46. The van der Waals surface area contributed by atoms with E-state index in [0.717, 1.165) is 6.33 Å². The van der Waals surface area contributed by atoms with Crippen LogP contribution in [0.2, 0.25) is 0 Å². The lowest BCUT2D eigenvalue weighted by atomic mass is 10.0. The molecule has 10 N–H and O–H groups in total. The number of fused-ring (bicyclic) bond motifs is 1. The third kappa shape index (κ3) is 7.61. The smallest absolute Gasteiger partial charge is 0.387 e. The third-order valence-corrected chi connectivity index (χ3v) is 10.0. The van der Waals surface area contributed by atoms with Crippen molar-refractivity contribution in [2.75, 3.05) is 18.9 Å². The number of primary amides is 1. The highest BCUT2D eigenvalue weighted by atomic mass is 31.3. The quantitative estimate of drug-likeness (QED) is 0.0649. The van der Waals surface area contributed by atoms with Crippen LogP contribution in [0, 0.1) is 0 Å². The van der Waals surface area contributed by atoms with Crippen LogP contribution in [0.25, 0.3) is 11.2 Å². The first-order chi connectivity index (χ1) is 22.5. The standard InChI is InChI=1S/C24H31N7O15P2/c1-10(32)4-11-2-3-30(5-12(11)21(26)37)23-18(35)16(33)13(44-23)6-42-47(38,39)46-48(40,41)43-7-14-17(34)19(36)24(45-14)31-9-29-15-20(25)27-8-28-22(15)31/h2-3,5,8-9,13-14,16-19,23-24,33-36H,4,6-7H2,1H3,(H5-,25,26,27,28,37,38,39,40,41)/p+1/t13-,14-,16-,17-,18+,19+,23+,24+/m0/s1. The van der Waals surface area contributed by atoms with E-state index in [1.54, 1.807) is 0 Å². The zero-order chi connectivity index (χ0) is 35.1. The van der Waals surface area contributed by atoms with Gasteiger partial charge < -0.3 is 51.2 Å². The molecule has 22 nitrogen and oxygen atoms in total. The van der Waals surface area contributed by atoms with E-state index in [0.29, 0.717) is 5.56 Å². The van der Waals surface area contributed by atoms with E-state index in [4.69, 9.17) is 30.0 Å². The number of ether oxygens (including phenoxy) is 2. The molecule has 48 heavy (non-hydrogen) atoms. The molecular weight excluding hydrogens is 688 g/mol. The van der Waals surface area contributed by atoms with E-state index in [9.17, 15) is 48.9 Å². The molecule has 5 heterocycles. The molecule has 2 aliphatic rings. The van der Waals surface area contributed by atoms with Crippen molar-refractivity contribution in [2.24, 2.45) is 5.73 Å². The van der Waals surface area contributed by atoms with E-state index in [1.807, 2.05) is 0 Å². The Balaban J connectivity index is 1.17. The van der Waals surface area contributed by atoms with Crippen LogP contribution in [0.5, 0.6) is 0 Å². The number of nitrogens with two attached hydrogens (primary N) is 2. The molecule has 0 aliphatic carbocycles. The summed E-state index contributed by atoms with van der Waals surface area (Å²) in [6.07, 6.45) is -7.44. The number of rotatable bonds is 13. The largest absolute Gasteiger partial charge is 0.481 e. The summed E-state index contributed by atoms with van der Waals surface area (Å²) in [5.74, 6) is -1.08. The fraction of sp³-hybridized carbons (Fsp3) is 0.500. The number of anilines is 1. The lowest BCUT2D eigenvalue weighted by Gasteiger charge is -2.20. The van der Waals surface area contributed by atoms with Crippen molar-refractivity contribution in [3.05, 3.63) is 42.2 Å². The Hall–Kier alpha value is -3.34. The number of aliphatic hydroxyl groups is 4. The molecule has 3 aromatic heterocycles.